The fourth-order valence-electron chi connectivity index (χ4n) is 2.39. The number of anilines is 1. The first-order chi connectivity index (χ1) is 8.76. The lowest BCUT2D eigenvalue weighted by atomic mass is 10.2. The van der Waals surface area contributed by atoms with Gasteiger partial charge in [-0.15, -0.1) is 11.6 Å². The molecule has 0 N–H and O–H groups in total. The maximum Gasteiger partial charge on any atom is 0.146 e. The Morgan fingerprint density at radius 2 is 1.72 bits per heavy atom. The van der Waals surface area contributed by atoms with Crippen LogP contribution in [-0.4, -0.2) is 13.1 Å². The molecule has 0 heterocycles. The summed E-state index contributed by atoms with van der Waals surface area (Å²) in [7, 11) is 0. The first kappa shape index (κ1) is 12.3. The number of hydrogen-bond acceptors (Lipinski definition) is 1. The fraction of sp³-hybridized carbons (Fsp3) is 0.600. The molecule has 0 spiro atoms. The number of alkyl halides is 1. The Hall–Kier alpha value is -0.760. The van der Waals surface area contributed by atoms with Crippen molar-refractivity contribution in [2.75, 3.05) is 18.0 Å². The summed E-state index contributed by atoms with van der Waals surface area (Å²) in [5.74, 6) is 1.84. The summed E-state index contributed by atoms with van der Waals surface area (Å²) in [4.78, 5) is 2.25. The van der Waals surface area contributed by atoms with Crippen LogP contribution in [0.2, 0.25) is 0 Å². The van der Waals surface area contributed by atoms with E-state index in [2.05, 4.69) is 4.90 Å². The number of benzene rings is 1. The Bertz CT molecular complexity index is 413. The van der Waals surface area contributed by atoms with E-state index in [9.17, 15) is 4.39 Å². The van der Waals surface area contributed by atoms with Gasteiger partial charge in [0.05, 0.1) is 5.69 Å². The molecule has 3 heteroatoms. The van der Waals surface area contributed by atoms with E-state index in [0.29, 0.717) is 5.88 Å². The zero-order valence-corrected chi connectivity index (χ0v) is 11.3. The highest BCUT2D eigenvalue weighted by Crippen LogP contribution is 2.36. The molecule has 1 aromatic rings. The second kappa shape index (κ2) is 5.08. The van der Waals surface area contributed by atoms with Crippen LogP contribution in [0.4, 0.5) is 10.1 Å². The third-order valence-corrected chi connectivity index (χ3v) is 4.17. The quantitative estimate of drug-likeness (QED) is 0.699. The van der Waals surface area contributed by atoms with Gasteiger partial charge in [0.1, 0.15) is 5.82 Å². The molecule has 98 valence electrons. The van der Waals surface area contributed by atoms with Crippen LogP contribution in [-0.2, 0) is 5.88 Å². The van der Waals surface area contributed by atoms with Gasteiger partial charge in [0.15, 0.2) is 0 Å². The van der Waals surface area contributed by atoms with Crippen LogP contribution in [0.3, 0.4) is 0 Å². The van der Waals surface area contributed by atoms with Gasteiger partial charge in [0.25, 0.3) is 0 Å². The molecule has 3 rings (SSSR count). The van der Waals surface area contributed by atoms with Crippen molar-refractivity contribution in [3.8, 4) is 0 Å². The third kappa shape index (κ3) is 2.97. The van der Waals surface area contributed by atoms with Crippen molar-refractivity contribution in [2.45, 2.75) is 31.6 Å². The van der Waals surface area contributed by atoms with Crippen molar-refractivity contribution in [2.24, 2.45) is 11.8 Å². The Kier molecular flexibility index (Phi) is 3.47. The van der Waals surface area contributed by atoms with Crippen molar-refractivity contribution in [1.82, 2.24) is 0 Å². The van der Waals surface area contributed by atoms with E-state index in [4.69, 9.17) is 11.6 Å². The molecule has 2 aliphatic rings. The smallest absolute Gasteiger partial charge is 0.146 e. The largest absolute Gasteiger partial charge is 0.369 e. The van der Waals surface area contributed by atoms with Crippen molar-refractivity contribution in [3.63, 3.8) is 0 Å². The topological polar surface area (TPSA) is 3.24 Å². The minimum Gasteiger partial charge on any atom is -0.369 e. The van der Waals surface area contributed by atoms with E-state index in [-0.39, 0.29) is 5.82 Å². The van der Waals surface area contributed by atoms with E-state index >= 15 is 0 Å². The van der Waals surface area contributed by atoms with E-state index in [1.54, 1.807) is 6.07 Å². The van der Waals surface area contributed by atoms with Crippen molar-refractivity contribution >= 4 is 17.3 Å². The molecule has 1 aromatic carbocycles. The molecule has 0 aromatic heterocycles. The average molecular weight is 268 g/mol. The Balaban J connectivity index is 1.77. The van der Waals surface area contributed by atoms with Crippen molar-refractivity contribution in [3.05, 3.63) is 29.6 Å². The maximum absolute atomic E-state index is 14.1. The molecular formula is C15H19ClFN. The van der Waals surface area contributed by atoms with E-state index in [1.807, 2.05) is 12.1 Å². The molecule has 18 heavy (non-hydrogen) atoms. The molecular weight excluding hydrogens is 249 g/mol. The fourth-order valence-corrected chi connectivity index (χ4v) is 2.55. The summed E-state index contributed by atoms with van der Waals surface area (Å²) in [5, 5.41) is 0. The Morgan fingerprint density at radius 3 is 2.17 bits per heavy atom. The second-order valence-electron chi connectivity index (χ2n) is 5.71. The lowest BCUT2D eigenvalue weighted by Gasteiger charge is -2.25. The summed E-state index contributed by atoms with van der Waals surface area (Å²) in [5.41, 5.74) is 1.62. The number of halogens is 2. The van der Waals surface area contributed by atoms with Crippen LogP contribution in [0.1, 0.15) is 31.2 Å². The highest BCUT2D eigenvalue weighted by atomic mass is 35.5. The zero-order valence-electron chi connectivity index (χ0n) is 10.5. The summed E-state index contributed by atoms with van der Waals surface area (Å²) in [6.45, 7) is 2.04. The SMILES string of the molecule is Fc1cc(CCl)ccc1N(CC1CC1)CC1CC1. The van der Waals surface area contributed by atoms with Crippen LogP contribution >= 0.6 is 11.6 Å². The van der Waals surface area contributed by atoms with Crippen molar-refractivity contribution in [1.29, 1.82) is 0 Å². The first-order valence-electron chi connectivity index (χ1n) is 6.85. The molecule has 0 amide bonds. The number of nitrogens with zero attached hydrogens (tertiary/aromatic N) is 1. The standard InChI is InChI=1S/C15H19ClFN/c16-8-13-5-6-15(14(17)7-13)18(9-11-1-2-11)10-12-3-4-12/h5-7,11-12H,1-4,8-10H2. The minimum atomic E-state index is -0.116. The third-order valence-electron chi connectivity index (χ3n) is 3.86. The van der Waals surface area contributed by atoms with Gasteiger partial charge in [-0.25, -0.2) is 4.39 Å². The van der Waals surface area contributed by atoms with E-state index < -0.39 is 0 Å². The summed E-state index contributed by atoms with van der Waals surface area (Å²) < 4.78 is 14.1. The molecule has 0 aliphatic heterocycles. The molecule has 0 unspecified atom stereocenters. The maximum atomic E-state index is 14.1. The van der Waals surface area contributed by atoms with Gasteiger partial charge in [-0.05, 0) is 55.2 Å². The lowest BCUT2D eigenvalue weighted by molar-refractivity contribution is 0.601. The normalized spacial score (nSPS) is 19.0. The van der Waals surface area contributed by atoms with Crippen LogP contribution < -0.4 is 4.90 Å². The molecule has 0 radical (unpaired) electrons. The molecule has 2 aliphatic carbocycles. The van der Waals surface area contributed by atoms with Crippen LogP contribution in [0.25, 0.3) is 0 Å². The number of rotatable bonds is 6. The molecule has 0 saturated heterocycles. The van der Waals surface area contributed by atoms with Gasteiger partial charge < -0.3 is 4.90 Å². The van der Waals surface area contributed by atoms with E-state index in [0.717, 1.165) is 36.2 Å². The molecule has 2 fully saturated rings. The van der Waals surface area contributed by atoms with Gasteiger partial charge in [-0.1, -0.05) is 6.07 Å². The van der Waals surface area contributed by atoms with E-state index in [1.165, 1.54) is 25.7 Å². The Labute approximate surface area is 113 Å². The van der Waals surface area contributed by atoms with Gasteiger partial charge in [-0.3, -0.25) is 0 Å². The second-order valence-corrected chi connectivity index (χ2v) is 5.98. The molecule has 0 atom stereocenters. The van der Waals surface area contributed by atoms with Crippen LogP contribution in [0.5, 0.6) is 0 Å². The summed E-state index contributed by atoms with van der Waals surface area (Å²) in [6, 6.07) is 5.42. The summed E-state index contributed by atoms with van der Waals surface area (Å²) >= 11 is 5.74. The molecule has 2 saturated carbocycles. The van der Waals surface area contributed by atoms with Gasteiger partial charge in [-0.2, -0.15) is 0 Å². The molecule has 0 bridgehead atoms. The van der Waals surface area contributed by atoms with Crippen LogP contribution in [0.15, 0.2) is 18.2 Å². The predicted molar refractivity (Wildman–Crippen MR) is 73.6 cm³/mol. The predicted octanol–water partition coefficient (Wildman–Crippen LogP) is 4.19. The number of hydrogen-bond donors (Lipinski definition) is 0. The first-order valence-corrected chi connectivity index (χ1v) is 7.39. The zero-order chi connectivity index (χ0) is 12.5. The highest BCUT2D eigenvalue weighted by Gasteiger charge is 2.30. The minimum absolute atomic E-state index is 0.116. The van der Waals surface area contributed by atoms with Gasteiger partial charge >= 0.3 is 0 Å². The summed E-state index contributed by atoms with van der Waals surface area (Å²) in [6.07, 6.45) is 5.23. The Morgan fingerprint density at radius 1 is 1.11 bits per heavy atom. The monoisotopic (exact) mass is 267 g/mol. The lowest BCUT2D eigenvalue weighted by Crippen LogP contribution is -2.28. The van der Waals surface area contributed by atoms with Crippen LogP contribution in [0, 0.1) is 17.7 Å². The van der Waals surface area contributed by atoms with Gasteiger partial charge in [0.2, 0.25) is 0 Å². The van der Waals surface area contributed by atoms with Crippen molar-refractivity contribution < 1.29 is 4.39 Å². The average Bonchev–Trinajstić information content (AvgIpc) is 3.23. The molecule has 1 nitrogen and oxygen atoms in total. The highest BCUT2D eigenvalue weighted by molar-refractivity contribution is 6.17. The van der Waals surface area contributed by atoms with Gasteiger partial charge in [0, 0.05) is 19.0 Å².